The van der Waals surface area contributed by atoms with E-state index in [2.05, 4.69) is 16.3 Å². The average molecular weight is 341 g/mol. The van der Waals surface area contributed by atoms with Crippen molar-refractivity contribution in [2.45, 2.75) is 13.1 Å². The summed E-state index contributed by atoms with van der Waals surface area (Å²) in [4.78, 5) is 26.3. The number of anilines is 1. The Hall–Kier alpha value is -2.60. The minimum Gasteiger partial charge on any atom is -0.361 e. The number of benzene rings is 1. The van der Waals surface area contributed by atoms with Crippen LogP contribution in [0.4, 0.5) is 5.69 Å². The van der Waals surface area contributed by atoms with Crippen molar-refractivity contribution < 1.29 is 0 Å². The van der Waals surface area contributed by atoms with Gasteiger partial charge < -0.3 is 4.90 Å². The molecule has 0 saturated carbocycles. The normalized spacial score (nSPS) is 10.8. The van der Waals surface area contributed by atoms with E-state index in [1.54, 1.807) is 18.4 Å². The van der Waals surface area contributed by atoms with E-state index in [0.717, 1.165) is 16.8 Å². The maximum atomic E-state index is 12.2. The first-order valence-electron chi connectivity index (χ1n) is 7.63. The van der Waals surface area contributed by atoms with Crippen LogP contribution < -0.4 is 16.1 Å². The van der Waals surface area contributed by atoms with Crippen LogP contribution in [0.1, 0.15) is 11.3 Å². The van der Waals surface area contributed by atoms with Crippen LogP contribution >= 0.6 is 11.3 Å². The summed E-state index contributed by atoms with van der Waals surface area (Å²) in [5.74, 6) is 0. The number of rotatable bonds is 5. The molecule has 24 heavy (non-hydrogen) atoms. The highest BCUT2D eigenvalue weighted by Gasteiger charge is 2.13. The lowest BCUT2D eigenvalue weighted by Gasteiger charge is -2.25. The van der Waals surface area contributed by atoms with Crippen molar-refractivity contribution in [1.29, 1.82) is 0 Å². The van der Waals surface area contributed by atoms with E-state index in [4.69, 9.17) is 0 Å². The second-order valence-corrected chi connectivity index (χ2v) is 6.48. The molecule has 3 rings (SSSR count). The van der Waals surface area contributed by atoms with Crippen LogP contribution in [0, 0.1) is 0 Å². The number of hydrogen-bond acceptors (Lipinski definition) is 4. The summed E-state index contributed by atoms with van der Waals surface area (Å²) >= 11 is 1.66. The minimum atomic E-state index is -0.305. The standard InChI is InChI=1S/C18H19N3O2S/c1-19-16(10-17(22)20(2)18(19)23)12-21(11-14-8-9-24-13-14)15-6-4-3-5-7-15/h3-10,13H,11-12H2,1-2H3. The van der Waals surface area contributed by atoms with Gasteiger partial charge in [0.1, 0.15) is 0 Å². The van der Waals surface area contributed by atoms with Gasteiger partial charge in [-0.05, 0) is 34.5 Å². The lowest BCUT2D eigenvalue weighted by atomic mass is 10.2. The second kappa shape index (κ2) is 6.88. The highest BCUT2D eigenvalue weighted by molar-refractivity contribution is 7.07. The summed E-state index contributed by atoms with van der Waals surface area (Å²) in [5, 5.41) is 4.16. The first-order chi connectivity index (χ1) is 11.6. The SMILES string of the molecule is Cn1c(CN(Cc2ccsc2)c2ccccc2)cc(=O)n(C)c1=O. The Morgan fingerprint density at radius 3 is 2.42 bits per heavy atom. The molecule has 0 bridgehead atoms. The van der Waals surface area contributed by atoms with Gasteiger partial charge in [-0.3, -0.25) is 13.9 Å². The van der Waals surface area contributed by atoms with Gasteiger partial charge >= 0.3 is 5.69 Å². The van der Waals surface area contributed by atoms with Crippen LogP contribution in [0.15, 0.2) is 62.8 Å². The molecule has 6 heteroatoms. The molecule has 1 aromatic carbocycles. The molecule has 3 aromatic rings. The maximum absolute atomic E-state index is 12.2. The molecule has 0 radical (unpaired) electrons. The van der Waals surface area contributed by atoms with Crippen LogP contribution in [0.5, 0.6) is 0 Å². The fourth-order valence-corrected chi connectivity index (χ4v) is 3.27. The second-order valence-electron chi connectivity index (χ2n) is 5.70. The number of hydrogen-bond donors (Lipinski definition) is 0. The van der Waals surface area contributed by atoms with Crippen LogP contribution in [0.3, 0.4) is 0 Å². The first kappa shape index (κ1) is 16.3. The number of para-hydroxylation sites is 1. The molecular weight excluding hydrogens is 322 g/mol. The van der Waals surface area contributed by atoms with Crippen LogP contribution in [0.25, 0.3) is 0 Å². The molecule has 2 aromatic heterocycles. The summed E-state index contributed by atoms with van der Waals surface area (Å²) in [7, 11) is 3.19. The van der Waals surface area contributed by atoms with Gasteiger partial charge in [-0.2, -0.15) is 11.3 Å². The molecule has 5 nitrogen and oxygen atoms in total. The lowest BCUT2D eigenvalue weighted by Crippen LogP contribution is -2.39. The van der Waals surface area contributed by atoms with E-state index in [1.807, 2.05) is 35.7 Å². The van der Waals surface area contributed by atoms with Gasteiger partial charge in [0.2, 0.25) is 0 Å². The monoisotopic (exact) mass is 341 g/mol. The van der Waals surface area contributed by atoms with Crippen molar-refractivity contribution in [3.8, 4) is 0 Å². The zero-order chi connectivity index (χ0) is 17.1. The third-order valence-corrected chi connectivity index (χ3v) is 4.79. The van der Waals surface area contributed by atoms with Crippen molar-refractivity contribution in [2.75, 3.05) is 4.90 Å². The highest BCUT2D eigenvalue weighted by atomic mass is 32.1. The third-order valence-electron chi connectivity index (χ3n) is 4.05. The summed E-state index contributed by atoms with van der Waals surface area (Å²) in [5.41, 5.74) is 2.37. The molecule has 2 heterocycles. The predicted molar refractivity (Wildman–Crippen MR) is 97.6 cm³/mol. The van der Waals surface area contributed by atoms with Gasteiger partial charge in [0.15, 0.2) is 0 Å². The Morgan fingerprint density at radius 1 is 1.00 bits per heavy atom. The lowest BCUT2D eigenvalue weighted by molar-refractivity contribution is 0.633. The molecular formula is C18H19N3O2S. The largest absolute Gasteiger partial charge is 0.361 e. The van der Waals surface area contributed by atoms with E-state index in [0.29, 0.717) is 12.2 Å². The van der Waals surface area contributed by atoms with Gasteiger partial charge in [0, 0.05) is 38.1 Å². The summed E-state index contributed by atoms with van der Waals surface area (Å²) in [6.45, 7) is 1.21. The van der Waals surface area contributed by atoms with Crippen molar-refractivity contribution in [3.63, 3.8) is 0 Å². The maximum Gasteiger partial charge on any atom is 0.330 e. The predicted octanol–water partition coefficient (Wildman–Crippen LogP) is 2.35. The Morgan fingerprint density at radius 2 is 1.75 bits per heavy atom. The van der Waals surface area contributed by atoms with Crippen LogP contribution in [0.2, 0.25) is 0 Å². The summed E-state index contributed by atoms with van der Waals surface area (Å²) < 4.78 is 2.65. The van der Waals surface area contributed by atoms with Gasteiger partial charge in [0.25, 0.3) is 5.56 Å². The molecule has 0 aliphatic heterocycles. The van der Waals surface area contributed by atoms with Gasteiger partial charge in [0.05, 0.1) is 6.54 Å². The average Bonchev–Trinajstić information content (AvgIpc) is 3.11. The number of aromatic nitrogens is 2. The van der Waals surface area contributed by atoms with Crippen molar-refractivity contribution >= 4 is 17.0 Å². The topological polar surface area (TPSA) is 47.2 Å². The molecule has 124 valence electrons. The first-order valence-corrected chi connectivity index (χ1v) is 8.57. The fraction of sp³-hybridized carbons (Fsp3) is 0.222. The van der Waals surface area contributed by atoms with Crippen molar-refractivity contribution in [1.82, 2.24) is 9.13 Å². The molecule has 0 aliphatic rings. The summed E-state index contributed by atoms with van der Waals surface area (Å²) in [6.07, 6.45) is 0. The number of nitrogens with zero attached hydrogens (tertiary/aromatic N) is 3. The molecule has 0 fully saturated rings. The third kappa shape index (κ3) is 3.33. The Kier molecular flexibility index (Phi) is 4.66. The smallest absolute Gasteiger partial charge is 0.330 e. The summed E-state index contributed by atoms with van der Waals surface area (Å²) in [6, 6.07) is 13.6. The van der Waals surface area contributed by atoms with Gasteiger partial charge in [-0.1, -0.05) is 18.2 Å². The number of thiophene rings is 1. The van der Waals surface area contributed by atoms with E-state index in [1.165, 1.54) is 23.2 Å². The van der Waals surface area contributed by atoms with Crippen LogP contribution in [-0.4, -0.2) is 9.13 Å². The highest BCUT2D eigenvalue weighted by Crippen LogP contribution is 2.20. The van der Waals surface area contributed by atoms with E-state index < -0.39 is 0 Å². The molecule has 0 aliphatic carbocycles. The minimum absolute atomic E-state index is 0.281. The Labute approximate surface area is 144 Å². The molecule has 0 amide bonds. The van der Waals surface area contributed by atoms with Crippen molar-refractivity contribution in [3.05, 3.63) is 85.3 Å². The Bertz CT molecular complexity index is 927. The molecule has 0 saturated heterocycles. The van der Waals surface area contributed by atoms with E-state index >= 15 is 0 Å². The zero-order valence-corrected chi connectivity index (χ0v) is 14.5. The van der Waals surface area contributed by atoms with E-state index in [-0.39, 0.29) is 11.2 Å². The van der Waals surface area contributed by atoms with Crippen molar-refractivity contribution in [2.24, 2.45) is 14.1 Å². The quantitative estimate of drug-likeness (QED) is 0.716. The molecule has 0 atom stereocenters. The van der Waals surface area contributed by atoms with Gasteiger partial charge in [-0.25, -0.2) is 4.79 Å². The molecule has 0 unspecified atom stereocenters. The van der Waals surface area contributed by atoms with Crippen LogP contribution in [-0.2, 0) is 27.2 Å². The Balaban J connectivity index is 1.98. The van der Waals surface area contributed by atoms with Gasteiger partial charge in [-0.15, -0.1) is 0 Å². The zero-order valence-electron chi connectivity index (χ0n) is 13.7. The fourth-order valence-electron chi connectivity index (χ4n) is 2.61. The van der Waals surface area contributed by atoms with E-state index in [9.17, 15) is 9.59 Å². The molecule has 0 spiro atoms. The molecule has 0 N–H and O–H groups in total.